The average Bonchev–Trinajstić information content (AvgIpc) is 2.26. The van der Waals surface area contributed by atoms with Gasteiger partial charge < -0.3 is 9.64 Å². The maximum Gasteiger partial charge on any atom is 0.288 e. The summed E-state index contributed by atoms with van der Waals surface area (Å²) in [5.74, 6) is -0.394. The summed E-state index contributed by atoms with van der Waals surface area (Å²) in [6, 6.07) is 0. The quantitative estimate of drug-likeness (QED) is 0.716. The van der Waals surface area contributed by atoms with Gasteiger partial charge in [0.05, 0.1) is 18.9 Å². The molecular weight excluding hydrogens is 201 g/mol. The number of aryl methyl sites for hydroxylation is 1. The van der Waals surface area contributed by atoms with E-state index in [4.69, 9.17) is 4.74 Å². The van der Waals surface area contributed by atoms with Crippen molar-refractivity contribution >= 4 is 5.95 Å². The Bertz CT molecular complexity index is 412. The number of hydrogen-bond acceptors (Lipinski definition) is 4. The Labute approximate surface area is 85.9 Å². The van der Waals surface area contributed by atoms with Gasteiger partial charge in [-0.25, -0.2) is 4.98 Å². The van der Waals surface area contributed by atoms with Crippen LogP contribution in [0.15, 0.2) is 4.79 Å². The van der Waals surface area contributed by atoms with Crippen molar-refractivity contribution in [3.8, 4) is 0 Å². The van der Waals surface area contributed by atoms with Gasteiger partial charge in [0.1, 0.15) is 0 Å². The van der Waals surface area contributed by atoms with Crippen molar-refractivity contribution in [3.05, 3.63) is 21.9 Å². The Kier molecular flexibility index (Phi) is 2.68. The molecule has 15 heavy (non-hydrogen) atoms. The largest absolute Gasteiger partial charge is 0.378 e. The van der Waals surface area contributed by atoms with Gasteiger partial charge in [0, 0.05) is 13.1 Å². The minimum absolute atomic E-state index is 0.125. The van der Waals surface area contributed by atoms with E-state index < -0.39 is 11.4 Å². The third kappa shape index (κ3) is 1.99. The van der Waals surface area contributed by atoms with E-state index in [1.54, 1.807) is 0 Å². The zero-order chi connectivity index (χ0) is 10.8. The van der Waals surface area contributed by atoms with Crippen LogP contribution < -0.4 is 10.5 Å². The lowest BCUT2D eigenvalue weighted by atomic mass is 10.4. The number of ether oxygens (including phenoxy) is 1. The molecule has 6 heteroatoms. The summed E-state index contributed by atoms with van der Waals surface area (Å²) >= 11 is 0. The number of hydrogen-bond donors (Lipinski definition) is 1. The lowest BCUT2D eigenvalue weighted by molar-refractivity contribution is 0.122. The van der Waals surface area contributed by atoms with Gasteiger partial charge in [0.2, 0.25) is 11.8 Å². The van der Waals surface area contributed by atoms with Crippen molar-refractivity contribution in [1.29, 1.82) is 0 Å². The highest BCUT2D eigenvalue weighted by atomic mass is 19.1. The van der Waals surface area contributed by atoms with Gasteiger partial charge in [-0.15, -0.1) is 0 Å². The van der Waals surface area contributed by atoms with Crippen molar-refractivity contribution in [2.24, 2.45) is 0 Å². The van der Waals surface area contributed by atoms with Crippen molar-refractivity contribution in [1.82, 2.24) is 9.97 Å². The second-order valence-corrected chi connectivity index (χ2v) is 3.39. The zero-order valence-corrected chi connectivity index (χ0v) is 8.42. The molecule has 0 unspecified atom stereocenters. The standard InChI is InChI=1S/C9H12FN3O2/c1-6-7(10)8(14)12-9(11-6)13-2-4-15-5-3-13/h2-5H2,1H3,(H,11,12,14). The van der Waals surface area contributed by atoms with Crippen LogP contribution in [0.25, 0.3) is 0 Å². The van der Waals surface area contributed by atoms with Crippen molar-refractivity contribution < 1.29 is 9.13 Å². The average molecular weight is 213 g/mol. The number of aromatic amines is 1. The highest BCUT2D eigenvalue weighted by Crippen LogP contribution is 2.08. The SMILES string of the molecule is Cc1nc(N2CCOCC2)[nH]c(=O)c1F. The summed E-state index contributed by atoms with van der Waals surface area (Å²) in [5.41, 5.74) is -0.593. The summed E-state index contributed by atoms with van der Waals surface area (Å²) in [4.78, 5) is 19.5. The van der Waals surface area contributed by atoms with E-state index in [0.29, 0.717) is 32.3 Å². The number of rotatable bonds is 1. The molecule has 5 nitrogen and oxygen atoms in total. The molecule has 0 aromatic carbocycles. The molecule has 0 aliphatic carbocycles. The van der Waals surface area contributed by atoms with Gasteiger partial charge in [-0.05, 0) is 6.92 Å². The number of nitrogens with zero attached hydrogens (tertiary/aromatic N) is 2. The number of aromatic nitrogens is 2. The number of halogens is 1. The van der Waals surface area contributed by atoms with E-state index in [1.807, 2.05) is 4.90 Å². The highest BCUT2D eigenvalue weighted by Gasteiger charge is 2.15. The van der Waals surface area contributed by atoms with Gasteiger partial charge in [0.25, 0.3) is 5.56 Å². The van der Waals surface area contributed by atoms with Gasteiger partial charge in [-0.3, -0.25) is 9.78 Å². The topological polar surface area (TPSA) is 58.2 Å². The predicted octanol–water partition coefficient (Wildman–Crippen LogP) is 0.0540. The second kappa shape index (κ2) is 3.98. The van der Waals surface area contributed by atoms with Crippen molar-refractivity contribution in [2.75, 3.05) is 31.2 Å². The lowest BCUT2D eigenvalue weighted by Gasteiger charge is -2.27. The van der Waals surface area contributed by atoms with Gasteiger partial charge in [-0.1, -0.05) is 0 Å². The predicted molar refractivity (Wildman–Crippen MR) is 52.6 cm³/mol. The molecule has 0 spiro atoms. The van der Waals surface area contributed by atoms with Crippen LogP contribution >= 0.6 is 0 Å². The third-order valence-corrected chi connectivity index (χ3v) is 2.33. The Morgan fingerprint density at radius 1 is 1.47 bits per heavy atom. The number of H-pyrrole nitrogens is 1. The summed E-state index contributed by atoms with van der Waals surface area (Å²) in [5, 5.41) is 0. The fourth-order valence-corrected chi connectivity index (χ4v) is 1.48. The lowest BCUT2D eigenvalue weighted by Crippen LogP contribution is -2.38. The summed E-state index contributed by atoms with van der Waals surface area (Å²) < 4.78 is 18.2. The van der Waals surface area contributed by atoms with Gasteiger partial charge >= 0.3 is 0 Å². The van der Waals surface area contributed by atoms with E-state index in [-0.39, 0.29) is 5.69 Å². The Hall–Kier alpha value is -1.43. The number of morpholine rings is 1. The minimum atomic E-state index is -0.813. The molecule has 1 fully saturated rings. The first kappa shape index (κ1) is 10.1. The van der Waals surface area contributed by atoms with E-state index >= 15 is 0 Å². The molecule has 1 aromatic heterocycles. The number of nitrogens with one attached hydrogen (secondary N) is 1. The van der Waals surface area contributed by atoms with E-state index in [0.717, 1.165) is 0 Å². The van der Waals surface area contributed by atoms with E-state index in [2.05, 4.69) is 9.97 Å². The Morgan fingerprint density at radius 2 is 2.13 bits per heavy atom. The molecule has 82 valence electrons. The molecule has 2 rings (SSSR count). The van der Waals surface area contributed by atoms with Crippen LogP contribution in [0.5, 0.6) is 0 Å². The maximum absolute atomic E-state index is 13.0. The molecule has 1 saturated heterocycles. The molecule has 0 bridgehead atoms. The molecule has 0 atom stereocenters. The van der Waals surface area contributed by atoms with Gasteiger partial charge in [0.15, 0.2) is 0 Å². The minimum Gasteiger partial charge on any atom is -0.378 e. The van der Waals surface area contributed by atoms with Crippen LogP contribution in [0.1, 0.15) is 5.69 Å². The monoisotopic (exact) mass is 213 g/mol. The van der Waals surface area contributed by atoms with Crippen LogP contribution in [-0.2, 0) is 4.74 Å². The fourth-order valence-electron chi connectivity index (χ4n) is 1.48. The van der Waals surface area contributed by atoms with Gasteiger partial charge in [-0.2, -0.15) is 4.39 Å². The van der Waals surface area contributed by atoms with Crippen LogP contribution in [-0.4, -0.2) is 36.3 Å². The molecule has 0 saturated carbocycles. The third-order valence-electron chi connectivity index (χ3n) is 2.33. The Balaban J connectivity index is 2.32. The van der Waals surface area contributed by atoms with Crippen LogP contribution in [0.2, 0.25) is 0 Å². The molecule has 1 aliphatic rings. The molecule has 2 heterocycles. The van der Waals surface area contributed by atoms with Crippen molar-refractivity contribution in [2.45, 2.75) is 6.92 Å². The Morgan fingerprint density at radius 3 is 2.73 bits per heavy atom. The summed E-state index contributed by atoms with van der Waals surface area (Å²) in [6.07, 6.45) is 0. The molecule has 1 aromatic rings. The first-order valence-electron chi connectivity index (χ1n) is 4.77. The van der Waals surface area contributed by atoms with Crippen LogP contribution in [0.3, 0.4) is 0 Å². The molecule has 1 N–H and O–H groups in total. The van der Waals surface area contributed by atoms with E-state index in [1.165, 1.54) is 6.92 Å². The van der Waals surface area contributed by atoms with Crippen LogP contribution in [0.4, 0.5) is 10.3 Å². The van der Waals surface area contributed by atoms with Crippen molar-refractivity contribution in [3.63, 3.8) is 0 Å². The first-order chi connectivity index (χ1) is 7.18. The second-order valence-electron chi connectivity index (χ2n) is 3.39. The first-order valence-corrected chi connectivity index (χ1v) is 4.77. The molecule has 1 aliphatic heterocycles. The molecule has 0 radical (unpaired) electrons. The highest BCUT2D eigenvalue weighted by molar-refractivity contribution is 5.30. The molecular formula is C9H12FN3O2. The normalized spacial score (nSPS) is 16.8. The van der Waals surface area contributed by atoms with E-state index in [9.17, 15) is 9.18 Å². The molecule has 0 amide bonds. The smallest absolute Gasteiger partial charge is 0.288 e. The number of anilines is 1. The fraction of sp³-hybridized carbons (Fsp3) is 0.556. The maximum atomic E-state index is 13.0. The summed E-state index contributed by atoms with van der Waals surface area (Å²) in [7, 11) is 0. The summed E-state index contributed by atoms with van der Waals surface area (Å²) in [6.45, 7) is 4.00. The zero-order valence-electron chi connectivity index (χ0n) is 8.42. The van der Waals surface area contributed by atoms with Crippen LogP contribution in [0, 0.1) is 12.7 Å².